The van der Waals surface area contributed by atoms with Gasteiger partial charge in [0.2, 0.25) is 0 Å². The quantitative estimate of drug-likeness (QED) is 0.173. The fourth-order valence-electron chi connectivity index (χ4n) is 3.81. The van der Waals surface area contributed by atoms with E-state index in [9.17, 15) is 0 Å². The lowest BCUT2D eigenvalue weighted by atomic mass is 10.2. The Morgan fingerprint density at radius 1 is 0.556 bits per heavy atom. The van der Waals surface area contributed by atoms with Crippen LogP contribution in [0.4, 0.5) is 0 Å². The van der Waals surface area contributed by atoms with Crippen LogP contribution < -0.4 is 5.19 Å². The monoisotopic (exact) mass is 532 g/mol. The first-order valence-electron chi connectivity index (χ1n) is 12.3. The van der Waals surface area contributed by atoms with Crippen molar-refractivity contribution in [3.8, 4) is 9.75 Å². The van der Waals surface area contributed by atoms with E-state index in [1.54, 1.807) is 11.3 Å². The van der Waals surface area contributed by atoms with E-state index < -0.39 is 8.80 Å². The van der Waals surface area contributed by atoms with E-state index in [-0.39, 0.29) is 0 Å². The highest BCUT2D eigenvalue weighted by Gasteiger charge is 2.43. The third-order valence-electron chi connectivity index (χ3n) is 5.44. The molecule has 2 aromatic carbocycles. The van der Waals surface area contributed by atoms with E-state index in [4.69, 9.17) is 13.3 Å². The van der Waals surface area contributed by atoms with Crippen LogP contribution in [0.2, 0.25) is 0 Å². The molecule has 36 heavy (non-hydrogen) atoms. The van der Waals surface area contributed by atoms with E-state index in [2.05, 4.69) is 97.1 Å². The van der Waals surface area contributed by atoms with Gasteiger partial charge in [-0.15, -0.1) is 22.7 Å². The first-order chi connectivity index (χ1) is 17.7. The molecule has 0 aliphatic rings. The second kappa shape index (κ2) is 13.1. The molecule has 0 amide bonds. The van der Waals surface area contributed by atoms with E-state index in [0.29, 0.717) is 19.8 Å². The van der Waals surface area contributed by atoms with Gasteiger partial charge >= 0.3 is 8.80 Å². The Balaban J connectivity index is 1.43. The predicted octanol–water partition coefficient (Wildman–Crippen LogP) is 8.07. The maximum Gasteiger partial charge on any atom is 0.537 e. The minimum absolute atomic E-state index is 0.559. The molecule has 3 nitrogen and oxygen atoms in total. The normalized spacial score (nSPS) is 12.2. The smallest absolute Gasteiger partial charge is 0.370 e. The van der Waals surface area contributed by atoms with Gasteiger partial charge in [-0.25, -0.2) is 0 Å². The Bertz CT molecular complexity index is 1260. The summed E-state index contributed by atoms with van der Waals surface area (Å²) in [7, 11) is -2.86. The average Bonchev–Trinajstić information content (AvgIpc) is 3.57. The average molecular weight is 533 g/mol. The first-order valence-corrected chi connectivity index (χ1v) is 15.6. The van der Waals surface area contributed by atoms with Gasteiger partial charge in [-0.1, -0.05) is 66.7 Å². The van der Waals surface area contributed by atoms with Crippen molar-refractivity contribution >= 4 is 61.0 Å². The topological polar surface area (TPSA) is 27.7 Å². The van der Waals surface area contributed by atoms with Gasteiger partial charge in [-0.2, -0.15) is 0 Å². The predicted molar refractivity (Wildman–Crippen MR) is 159 cm³/mol. The van der Waals surface area contributed by atoms with Gasteiger partial charge in [-0.05, 0) is 68.3 Å². The van der Waals surface area contributed by atoms with Crippen molar-refractivity contribution in [3.63, 3.8) is 0 Å². The molecule has 0 atom stereocenters. The summed E-state index contributed by atoms with van der Waals surface area (Å²) in [4.78, 5) is 5.06. The van der Waals surface area contributed by atoms with Crippen LogP contribution in [-0.4, -0.2) is 28.6 Å². The lowest BCUT2D eigenvalue weighted by Gasteiger charge is -2.28. The van der Waals surface area contributed by atoms with E-state index >= 15 is 0 Å². The highest BCUT2D eigenvalue weighted by Crippen LogP contribution is 2.35. The summed E-state index contributed by atoms with van der Waals surface area (Å²) in [5, 5.41) is 0.999. The Hall–Kier alpha value is -2.58. The first kappa shape index (κ1) is 26.5. The zero-order valence-corrected chi connectivity index (χ0v) is 23.6. The maximum atomic E-state index is 6.02. The van der Waals surface area contributed by atoms with Gasteiger partial charge in [0.15, 0.2) is 0 Å². The summed E-state index contributed by atoms with van der Waals surface area (Å²) in [5.41, 5.74) is 2.34. The van der Waals surface area contributed by atoms with E-state index in [1.165, 1.54) is 25.1 Å². The van der Waals surface area contributed by atoms with E-state index in [1.807, 2.05) is 38.2 Å². The standard InChI is InChI=1S/C30H32O3S2Si/c1-4-31-36(32-5-2,33-6-3)28-20-14-25(15-21-28)13-17-27-19-23-30(35-27)29-22-18-26(34-29)16-12-24-10-8-7-9-11-24/h7-23H,4-6H2,1-3H3. The van der Waals surface area contributed by atoms with Gasteiger partial charge in [0.25, 0.3) is 0 Å². The number of rotatable bonds is 12. The number of benzene rings is 2. The van der Waals surface area contributed by atoms with Crippen molar-refractivity contribution in [1.29, 1.82) is 0 Å². The molecule has 2 aromatic heterocycles. The van der Waals surface area contributed by atoms with Crippen LogP contribution in [-0.2, 0) is 13.3 Å². The van der Waals surface area contributed by atoms with Crippen LogP contribution in [0.15, 0.2) is 78.9 Å². The Morgan fingerprint density at radius 2 is 1.03 bits per heavy atom. The third-order valence-corrected chi connectivity index (χ3v) is 10.8. The van der Waals surface area contributed by atoms with Crippen LogP contribution in [0.3, 0.4) is 0 Å². The van der Waals surface area contributed by atoms with E-state index in [0.717, 1.165) is 10.8 Å². The lowest BCUT2D eigenvalue weighted by Crippen LogP contribution is -2.56. The lowest BCUT2D eigenvalue weighted by molar-refractivity contribution is 0.0859. The van der Waals surface area contributed by atoms with Crippen LogP contribution in [0.25, 0.3) is 34.1 Å². The molecule has 0 fully saturated rings. The Kier molecular flexibility index (Phi) is 9.64. The highest BCUT2D eigenvalue weighted by atomic mass is 32.1. The van der Waals surface area contributed by atoms with Crippen LogP contribution in [0.1, 0.15) is 41.7 Å². The van der Waals surface area contributed by atoms with Gasteiger partial charge in [0, 0.05) is 44.5 Å². The fourth-order valence-corrected chi connectivity index (χ4v) is 8.19. The minimum Gasteiger partial charge on any atom is -0.370 e. The molecule has 0 aliphatic carbocycles. The van der Waals surface area contributed by atoms with Gasteiger partial charge < -0.3 is 13.3 Å². The number of hydrogen-bond donors (Lipinski definition) is 0. The van der Waals surface area contributed by atoms with Crippen molar-refractivity contribution in [2.45, 2.75) is 20.8 Å². The molecule has 4 rings (SSSR count). The van der Waals surface area contributed by atoms with Crippen molar-refractivity contribution in [1.82, 2.24) is 0 Å². The molecule has 0 spiro atoms. The largest absolute Gasteiger partial charge is 0.537 e. The molecule has 0 radical (unpaired) electrons. The zero-order chi connectivity index (χ0) is 25.2. The second-order valence-electron chi connectivity index (χ2n) is 7.96. The molecule has 0 bridgehead atoms. The summed E-state index contributed by atoms with van der Waals surface area (Å²) in [6, 6.07) is 27.5. The molecular formula is C30H32O3S2Si. The summed E-state index contributed by atoms with van der Waals surface area (Å²) in [6.07, 6.45) is 8.66. The molecule has 0 aliphatic heterocycles. The van der Waals surface area contributed by atoms with Crippen molar-refractivity contribution in [2.75, 3.05) is 19.8 Å². The summed E-state index contributed by atoms with van der Waals surface area (Å²) >= 11 is 3.62. The third kappa shape index (κ3) is 6.79. The Morgan fingerprint density at radius 3 is 1.50 bits per heavy atom. The summed E-state index contributed by atoms with van der Waals surface area (Å²) in [6.45, 7) is 7.61. The SMILES string of the molecule is CCO[Si](OCC)(OCC)c1ccc(C=Cc2ccc(-c3ccc(C=Cc4ccccc4)s3)s2)cc1. The number of thiophene rings is 2. The van der Waals surface area contributed by atoms with Crippen molar-refractivity contribution in [2.24, 2.45) is 0 Å². The molecule has 0 unspecified atom stereocenters. The highest BCUT2D eigenvalue weighted by molar-refractivity contribution is 7.23. The molecule has 0 N–H and O–H groups in total. The zero-order valence-electron chi connectivity index (χ0n) is 21.0. The van der Waals surface area contributed by atoms with Crippen molar-refractivity contribution in [3.05, 3.63) is 99.7 Å². The van der Waals surface area contributed by atoms with Crippen LogP contribution in [0, 0.1) is 0 Å². The molecule has 0 saturated heterocycles. The maximum absolute atomic E-state index is 6.02. The second-order valence-corrected chi connectivity index (χ2v) is 12.7. The molecule has 186 valence electrons. The molecule has 0 saturated carbocycles. The molecule has 6 heteroatoms. The number of hydrogen-bond acceptors (Lipinski definition) is 5. The van der Waals surface area contributed by atoms with Crippen LogP contribution in [0.5, 0.6) is 0 Å². The fraction of sp³-hybridized carbons (Fsp3) is 0.200. The van der Waals surface area contributed by atoms with Gasteiger partial charge in [0.05, 0.1) is 0 Å². The summed E-state index contributed by atoms with van der Waals surface area (Å²) in [5.74, 6) is 0. The molecular weight excluding hydrogens is 501 g/mol. The van der Waals surface area contributed by atoms with Crippen LogP contribution >= 0.6 is 22.7 Å². The van der Waals surface area contributed by atoms with Crippen molar-refractivity contribution < 1.29 is 13.3 Å². The van der Waals surface area contributed by atoms with Gasteiger partial charge in [-0.3, -0.25) is 0 Å². The minimum atomic E-state index is -2.86. The molecule has 2 heterocycles. The Labute approximate surface area is 223 Å². The summed E-state index contributed by atoms with van der Waals surface area (Å²) < 4.78 is 18.1. The van der Waals surface area contributed by atoms with Gasteiger partial charge in [0.1, 0.15) is 0 Å². The molecule has 4 aromatic rings.